The molecule has 1 amide bonds. The molecule has 7 nitrogen and oxygen atoms in total. The summed E-state index contributed by atoms with van der Waals surface area (Å²) in [4.78, 5) is 17.3. The first kappa shape index (κ1) is 21.5. The average molecular weight is 444 g/mol. The smallest absolute Gasteiger partial charge is 0.265 e. The Hall–Kier alpha value is -2.74. The quantitative estimate of drug-likeness (QED) is 0.729. The van der Waals surface area contributed by atoms with Crippen LogP contribution in [-0.4, -0.2) is 64.3 Å². The van der Waals surface area contributed by atoms with E-state index in [9.17, 15) is 13.2 Å². The summed E-state index contributed by atoms with van der Waals surface area (Å²) in [6.07, 6.45) is 0.312. The Morgan fingerprint density at radius 2 is 1.71 bits per heavy atom. The van der Waals surface area contributed by atoms with Gasteiger partial charge in [-0.05, 0) is 55.7 Å². The van der Waals surface area contributed by atoms with Crippen LogP contribution in [0.5, 0.6) is 5.75 Å². The molecular formula is C23H29N3O4S. The van der Waals surface area contributed by atoms with E-state index in [2.05, 4.69) is 36.9 Å². The van der Waals surface area contributed by atoms with Crippen molar-refractivity contribution in [1.29, 1.82) is 0 Å². The highest BCUT2D eigenvalue weighted by Gasteiger charge is 2.37. The molecule has 0 spiro atoms. The summed E-state index contributed by atoms with van der Waals surface area (Å²) in [7, 11) is -3.53. The van der Waals surface area contributed by atoms with Gasteiger partial charge in [0.1, 0.15) is 5.75 Å². The highest BCUT2D eigenvalue weighted by Crippen LogP contribution is 2.36. The number of nitrogens with zero attached hydrogens (tertiary/aromatic N) is 3. The van der Waals surface area contributed by atoms with Crippen molar-refractivity contribution in [3.05, 3.63) is 53.1 Å². The number of amides is 1. The molecule has 1 atom stereocenters. The van der Waals surface area contributed by atoms with Crippen molar-refractivity contribution < 1.29 is 17.9 Å². The molecule has 2 aromatic rings. The molecule has 0 radical (unpaired) electrons. The highest BCUT2D eigenvalue weighted by atomic mass is 32.2. The third-order valence-electron chi connectivity index (χ3n) is 6.17. The molecule has 31 heavy (non-hydrogen) atoms. The minimum Gasteiger partial charge on any atom is -0.476 e. The van der Waals surface area contributed by atoms with E-state index in [1.54, 1.807) is 17.0 Å². The first-order valence-electron chi connectivity index (χ1n) is 10.5. The van der Waals surface area contributed by atoms with Crippen LogP contribution < -0.4 is 13.9 Å². The Balaban J connectivity index is 1.49. The number of carbonyl (C=O) groups is 1. The fourth-order valence-electron chi connectivity index (χ4n) is 4.25. The average Bonchev–Trinajstić information content (AvgIpc) is 2.74. The van der Waals surface area contributed by atoms with Gasteiger partial charge in [-0.1, -0.05) is 18.2 Å². The molecule has 0 bridgehead atoms. The van der Waals surface area contributed by atoms with Crippen LogP contribution in [0.25, 0.3) is 0 Å². The fourth-order valence-corrected chi connectivity index (χ4v) is 5.16. The Kier molecular flexibility index (Phi) is 5.60. The molecule has 0 aromatic heterocycles. The topological polar surface area (TPSA) is 70.2 Å². The molecular weight excluding hydrogens is 414 g/mol. The van der Waals surface area contributed by atoms with Gasteiger partial charge < -0.3 is 14.5 Å². The summed E-state index contributed by atoms with van der Waals surface area (Å²) < 4.78 is 32.1. The normalized spacial score (nSPS) is 19.1. The van der Waals surface area contributed by atoms with Crippen LogP contribution in [0.2, 0.25) is 0 Å². The number of hydrogen-bond donors (Lipinski definition) is 0. The molecule has 0 aliphatic carbocycles. The predicted octanol–water partition coefficient (Wildman–Crippen LogP) is 2.49. The maximum atomic E-state index is 13.2. The SMILES string of the molecule is Cc1ccc2c(c1)N(S(C)(=O)=O)CC(C(=O)N1CCN(c3cccc(C)c3C)CC1)O2. The molecule has 0 saturated carbocycles. The van der Waals surface area contributed by atoms with Gasteiger partial charge in [0.25, 0.3) is 5.91 Å². The van der Waals surface area contributed by atoms with E-state index in [0.717, 1.165) is 24.9 Å². The third-order valence-corrected chi connectivity index (χ3v) is 7.31. The molecule has 1 saturated heterocycles. The van der Waals surface area contributed by atoms with E-state index in [-0.39, 0.29) is 12.5 Å². The van der Waals surface area contributed by atoms with Crippen LogP contribution in [0.15, 0.2) is 36.4 Å². The van der Waals surface area contributed by atoms with Gasteiger partial charge in [0, 0.05) is 31.9 Å². The largest absolute Gasteiger partial charge is 0.476 e. The van der Waals surface area contributed by atoms with Crippen molar-refractivity contribution in [2.75, 3.05) is 48.2 Å². The van der Waals surface area contributed by atoms with E-state index in [1.165, 1.54) is 21.1 Å². The van der Waals surface area contributed by atoms with Crippen LogP contribution in [0.4, 0.5) is 11.4 Å². The molecule has 1 fully saturated rings. The number of aryl methyl sites for hydroxylation is 2. The van der Waals surface area contributed by atoms with Crippen molar-refractivity contribution >= 4 is 27.3 Å². The van der Waals surface area contributed by atoms with E-state index in [1.807, 2.05) is 13.0 Å². The molecule has 8 heteroatoms. The molecule has 1 unspecified atom stereocenters. The predicted molar refractivity (Wildman–Crippen MR) is 122 cm³/mol. The number of piperazine rings is 1. The van der Waals surface area contributed by atoms with Gasteiger partial charge in [-0.25, -0.2) is 8.42 Å². The zero-order valence-electron chi connectivity index (χ0n) is 18.5. The minimum atomic E-state index is -3.53. The summed E-state index contributed by atoms with van der Waals surface area (Å²) in [5, 5.41) is 0. The molecule has 2 aliphatic rings. The maximum Gasteiger partial charge on any atom is 0.265 e. The summed E-state index contributed by atoms with van der Waals surface area (Å²) >= 11 is 0. The van der Waals surface area contributed by atoms with Crippen molar-refractivity contribution in [3.8, 4) is 5.75 Å². The van der Waals surface area contributed by atoms with Gasteiger partial charge in [-0.15, -0.1) is 0 Å². The standard InChI is InChI=1S/C23H29N3O4S/c1-16-8-9-21-20(14-16)26(31(4,28)29)15-22(30-21)23(27)25-12-10-24(11-13-25)19-7-5-6-17(2)18(19)3/h5-9,14,22H,10-13,15H2,1-4H3. The second-order valence-electron chi connectivity index (χ2n) is 8.40. The number of anilines is 2. The third kappa shape index (κ3) is 4.21. The van der Waals surface area contributed by atoms with E-state index in [4.69, 9.17) is 4.74 Å². The number of fused-ring (bicyclic) bond motifs is 1. The Morgan fingerprint density at radius 1 is 1.00 bits per heavy atom. The van der Waals surface area contributed by atoms with Gasteiger partial charge in [-0.2, -0.15) is 0 Å². The second-order valence-corrected chi connectivity index (χ2v) is 10.3. The van der Waals surface area contributed by atoms with Crippen LogP contribution in [-0.2, 0) is 14.8 Å². The Bertz CT molecular complexity index is 1110. The lowest BCUT2D eigenvalue weighted by molar-refractivity contribution is -0.138. The van der Waals surface area contributed by atoms with Crippen LogP contribution in [0.3, 0.4) is 0 Å². The number of ether oxygens (including phenoxy) is 1. The number of rotatable bonds is 3. The zero-order valence-corrected chi connectivity index (χ0v) is 19.3. The van der Waals surface area contributed by atoms with Crippen LogP contribution in [0.1, 0.15) is 16.7 Å². The van der Waals surface area contributed by atoms with Gasteiger partial charge in [-0.3, -0.25) is 9.10 Å². The van der Waals surface area contributed by atoms with Gasteiger partial charge >= 0.3 is 0 Å². The minimum absolute atomic E-state index is 0.00861. The lowest BCUT2D eigenvalue weighted by Gasteiger charge is -2.40. The molecule has 0 N–H and O–H groups in total. The Labute approximate surface area is 184 Å². The summed E-state index contributed by atoms with van der Waals surface area (Å²) in [5.41, 5.74) is 5.14. The molecule has 2 heterocycles. The molecule has 2 aromatic carbocycles. The monoisotopic (exact) mass is 443 g/mol. The van der Waals surface area contributed by atoms with Crippen molar-refractivity contribution in [2.24, 2.45) is 0 Å². The van der Waals surface area contributed by atoms with Crippen molar-refractivity contribution in [3.63, 3.8) is 0 Å². The molecule has 4 rings (SSSR count). The second kappa shape index (κ2) is 8.07. The molecule has 2 aliphatic heterocycles. The van der Waals surface area contributed by atoms with Crippen molar-refractivity contribution in [2.45, 2.75) is 26.9 Å². The number of carbonyl (C=O) groups excluding carboxylic acids is 1. The number of sulfonamides is 1. The van der Waals surface area contributed by atoms with Crippen molar-refractivity contribution in [1.82, 2.24) is 4.90 Å². The lowest BCUT2D eigenvalue weighted by atomic mass is 10.1. The van der Waals surface area contributed by atoms with Crippen LogP contribution >= 0.6 is 0 Å². The number of hydrogen-bond acceptors (Lipinski definition) is 5. The fraction of sp³-hybridized carbons (Fsp3) is 0.435. The van der Waals surface area contributed by atoms with E-state index in [0.29, 0.717) is 24.5 Å². The zero-order chi connectivity index (χ0) is 22.3. The first-order valence-corrected chi connectivity index (χ1v) is 12.3. The first-order chi connectivity index (χ1) is 14.6. The summed E-state index contributed by atoms with van der Waals surface area (Å²) in [5.74, 6) is 0.259. The van der Waals surface area contributed by atoms with Gasteiger partial charge in [0.2, 0.25) is 10.0 Å². The van der Waals surface area contributed by atoms with Gasteiger partial charge in [0.15, 0.2) is 6.10 Å². The molecule has 166 valence electrons. The Morgan fingerprint density at radius 3 is 2.39 bits per heavy atom. The van der Waals surface area contributed by atoms with Gasteiger partial charge in [0.05, 0.1) is 18.5 Å². The maximum absolute atomic E-state index is 13.2. The summed E-state index contributed by atoms with van der Waals surface area (Å²) in [6.45, 7) is 8.72. The van der Waals surface area contributed by atoms with E-state index < -0.39 is 16.1 Å². The highest BCUT2D eigenvalue weighted by molar-refractivity contribution is 7.92. The lowest BCUT2D eigenvalue weighted by Crippen LogP contribution is -2.56. The van der Waals surface area contributed by atoms with Crippen LogP contribution in [0, 0.1) is 20.8 Å². The number of benzene rings is 2. The van der Waals surface area contributed by atoms with E-state index >= 15 is 0 Å². The summed E-state index contributed by atoms with van der Waals surface area (Å²) in [6, 6.07) is 11.7.